The van der Waals surface area contributed by atoms with Gasteiger partial charge in [0.2, 0.25) is 0 Å². The minimum Gasteiger partial charge on any atom is -0.504 e. The molecule has 1 aromatic carbocycles. The summed E-state index contributed by atoms with van der Waals surface area (Å²) in [6, 6.07) is 5.42. The van der Waals surface area contributed by atoms with Crippen LogP contribution in [-0.2, 0) is 6.42 Å². The van der Waals surface area contributed by atoms with Gasteiger partial charge in [-0.1, -0.05) is 19.1 Å². The van der Waals surface area contributed by atoms with Crippen LogP contribution in [0.1, 0.15) is 12.5 Å². The van der Waals surface area contributed by atoms with Gasteiger partial charge in [-0.25, -0.2) is 0 Å². The summed E-state index contributed by atoms with van der Waals surface area (Å²) in [4.78, 5) is 0. The number of aromatic hydroxyl groups is 1. The molecule has 0 saturated carbocycles. The highest BCUT2D eigenvalue weighted by Gasteiger charge is 2.17. The van der Waals surface area contributed by atoms with Gasteiger partial charge in [0, 0.05) is 6.61 Å². The smallest absolute Gasteiger partial charge is 0.160 e. The third kappa shape index (κ3) is 3.35. The van der Waals surface area contributed by atoms with E-state index in [1.807, 2.05) is 19.1 Å². The third-order valence-corrected chi connectivity index (χ3v) is 3.19. The molecule has 0 saturated heterocycles. The lowest BCUT2D eigenvalue weighted by molar-refractivity contribution is 0.186. The van der Waals surface area contributed by atoms with Crippen LogP contribution in [0.5, 0.6) is 11.5 Å². The average molecular weight is 239 g/mol. The predicted molar refractivity (Wildman–Crippen MR) is 67.2 cm³/mol. The fraction of sp³-hybridized carbons (Fsp3) is 0.538. The van der Waals surface area contributed by atoms with E-state index in [4.69, 9.17) is 10.5 Å². The second kappa shape index (κ2) is 6.47. The molecule has 0 radical (unpaired) electrons. The lowest BCUT2D eigenvalue weighted by atomic mass is 9.88. The van der Waals surface area contributed by atoms with Crippen LogP contribution >= 0.6 is 0 Å². The number of para-hydroxylation sites is 1. The van der Waals surface area contributed by atoms with E-state index in [0.29, 0.717) is 18.7 Å². The number of aliphatic hydroxyl groups excluding tert-OH is 1. The summed E-state index contributed by atoms with van der Waals surface area (Å²) in [5.41, 5.74) is 6.41. The Kier molecular flexibility index (Phi) is 5.25. The molecule has 0 aromatic heterocycles. The first-order valence-electron chi connectivity index (χ1n) is 5.79. The Morgan fingerprint density at radius 1 is 1.41 bits per heavy atom. The van der Waals surface area contributed by atoms with Crippen molar-refractivity contribution in [1.29, 1.82) is 0 Å². The number of nitrogens with two attached hydrogens (primary N) is 1. The number of hydrogen-bond donors (Lipinski definition) is 3. The molecule has 2 unspecified atom stereocenters. The monoisotopic (exact) mass is 239 g/mol. The molecule has 0 aliphatic heterocycles. The molecule has 0 aliphatic carbocycles. The van der Waals surface area contributed by atoms with Gasteiger partial charge in [-0.2, -0.15) is 0 Å². The Bertz CT molecular complexity index is 351. The van der Waals surface area contributed by atoms with Crippen molar-refractivity contribution in [3.8, 4) is 11.5 Å². The predicted octanol–water partition coefficient (Wildman–Crippen LogP) is 1.15. The number of phenolic OH excluding ortho intramolecular Hbond substituents is 1. The molecule has 4 nitrogen and oxygen atoms in total. The van der Waals surface area contributed by atoms with Gasteiger partial charge in [0.05, 0.1) is 7.11 Å². The first-order valence-corrected chi connectivity index (χ1v) is 5.79. The van der Waals surface area contributed by atoms with E-state index in [1.54, 1.807) is 6.07 Å². The van der Waals surface area contributed by atoms with Gasteiger partial charge < -0.3 is 20.7 Å². The highest BCUT2D eigenvalue weighted by molar-refractivity contribution is 5.45. The second-order valence-corrected chi connectivity index (χ2v) is 4.33. The molecule has 17 heavy (non-hydrogen) atoms. The van der Waals surface area contributed by atoms with Crippen molar-refractivity contribution in [3.63, 3.8) is 0 Å². The molecule has 0 aliphatic rings. The summed E-state index contributed by atoms with van der Waals surface area (Å²) < 4.78 is 5.06. The fourth-order valence-corrected chi connectivity index (χ4v) is 1.90. The van der Waals surface area contributed by atoms with Crippen LogP contribution in [0, 0.1) is 11.8 Å². The Hall–Kier alpha value is -1.26. The standard InChI is InChI=1S/C13H21NO3/c1-9(11(7-14)8-15)6-10-4-3-5-12(17-2)13(10)16/h3-5,9,11,15-16H,6-8,14H2,1-2H3. The van der Waals surface area contributed by atoms with Crippen molar-refractivity contribution in [2.24, 2.45) is 17.6 Å². The molecule has 96 valence electrons. The Balaban J connectivity index is 2.81. The van der Waals surface area contributed by atoms with Crippen molar-refractivity contribution in [2.45, 2.75) is 13.3 Å². The minimum absolute atomic E-state index is 0.0561. The number of ether oxygens (including phenoxy) is 1. The molecule has 1 rings (SSSR count). The molecule has 0 amide bonds. The topological polar surface area (TPSA) is 75.7 Å². The molecular formula is C13H21NO3. The fourth-order valence-electron chi connectivity index (χ4n) is 1.90. The van der Waals surface area contributed by atoms with Crippen LogP contribution in [0.2, 0.25) is 0 Å². The zero-order valence-corrected chi connectivity index (χ0v) is 10.4. The van der Waals surface area contributed by atoms with E-state index >= 15 is 0 Å². The summed E-state index contributed by atoms with van der Waals surface area (Å²) in [5, 5.41) is 19.1. The Morgan fingerprint density at radius 3 is 2.65 bits per heavy atom. The molecule has 1 aromatic rings. The van der Waals surface area contributed by atoms with Crippen LogP contribution in [0.3, 0.4) is 0 Å². The van der Waals surface area contributed by atoms with Gasteiger partial charge in [0.15, 0.2) is 11.5 Å². The quantitative estimate of drug-likeness (QED) is 0.696. The van der Waals surface area contributed by atoms with E-state index in [-0.39, 0.29) is 24.2 Å². The maximum atomic E-state index is 9.95. The third-order valence-electron chi connectivity index (χ3n) is 3.19. The van der Waals surface area contributed by atoms with E-state index in [9.17, 15) is 10.2 Å². The number of hydrogen-bond acceptors (Lipinski definition) is 4. The van der Waals surface area contributed by atoms with Crippen molar-refractivity contribution in [1.82, 2.24) is 0 Å². The molecule has 0 fully saturated rings. The van der Waals surface area contributed by atoms with E-state index in [0.717, 1.165) is 5.56 Å². The summed E-state index contributed by atoms with van der Waals surface area (Å²) in [5.74, 6) is 0.919. The van der Waals surface area contributed by atoms with E-state index in [1.165, 1.54) is 7.11 Å². The van der Waals surface area contributed by atoms with Crippen molar-refractivity contribution in [3.05, 3.63) is 23.8 Å². The Morgan fingerprint density at radius 2 is 2.12 bits per heavy atom. The highest BCUT2D eigenvalue weighted by atomic mass is 16.5. The molecule has 0 bridgehead atoms. The van der Waals surface area contributed by atoms with Gasteiger partial charge >= 0.3 is 0 Å². The number of rotatable bonds is 6. The van der Waals surface area contributed by atoms with E-state index in [2.05, 4.69) is 0 Å². The molecular weight excluding hydrogens is 218 g/mol. The summed E-state index contributed by atoms with van der Waals surface area (Å²) in [6.07, 6.45) is 0.672. The van der Waals surface area contributed by atoms with Crippen LogP contribution in [-0.4, -0.2) is 30.5 Å². The molecule has 0 heterocycles. The molecule has 0 spiro atoms. The zero-order chi connectivity index (χ0) is 12.8. The lowest BCUT2D eigenvalue weighted by Crippen LogP contribution is -2.26. The van der Waals surface area contributed by atoms with Crippen LogP contribution < -0.4 is 10.5 Å². The van der Waals surface area contributed by atoms with Crippen LogP contribution in [0.4, 0.5) is 0 Å². The summed E-state index contributed by atoms with van der Waals surface area (Å²) in [6.45, 7) is 2.54. The highest BCUT2D eigenvalue weighted by Crippen LogP contribution is 2.31. The maximum absolute atomic E-state index is 9.95. The van der Waals surface area contributed by atoms with Gasteiger partial charge in [-0.3, -0.25) is 0 Å². The van der Waals surface area contributed by atoms with Gasteiger partial charge in [0.1, 0.15) is 0 Å². The number of methoxy groups -OCH3 is 1. The average Bonchev–Trinajstić information content (AvgIpc) is 2.33. The van der Waals surface area contributed by atoms with Crippen LogP contribution in [0.15, 0.2) is 18.2 Å². The molecule has 2 atom stereocenters. The minimum atomic E-state index is 0.0561. The van der Waals surface area contributed by atoms with Crippen molar-refractivity contribution in [2.75, 3.05) is 20.3 Å². The molecule has 4 heteroatoms. The Labute approximate surface area is 102 Å². The van der Waals surface area contributed by atoms with Gasteiger partial charge in [-0.05, 0) is 36.4 Å². The second-order valence-electron chi connectivity index (χ2n) is 4.33. The summed E-state index contributed by atoms with van der Waals surface area (Å²) in [7, 11) is 1.53. The largest absolute Gasteiger partial charge is 0.504 e. The first-order chi connectivity index (χ1) is 8.13. The van der Waals surface area contributed by atoms with Crippen molar-refractivity contribution < 1.29 is 14.9 Å². The first kappa shape index (κ1) is 13.8. The van der Waals surface area contributed by atoms with E-state index < -0.39 is 0 Å². The molecule has 4 N–H and O–H groups in total. The zero-order valence-electron chi connectivity index (χ0n) is 10.4. The number of phenols is 1. The van der Waals surface area contributed by atoms with Gasteiger partial charge in [-0.15, -0.1) is 0 Å². The van der Waals surface area contributed by atoms with Gasteiger partial charge in [0.25, 0.3) is 0 Å². The normalized spacial score (nSPS) is 14.4. The van der Waals surface area contributed by atoms with Crippen molar-refractivity contribution >= 4 is 0 Å². The van der Waals surface area contributed by atoms with Crippen LogP contribution in [0.25, 0.3) is 0 Å². The SMILES string of the molecule is COc1cccc(CC(C)C(CN)CO)c1O. The number of aliphatic hydroxyl groups is 1. The lowest BCUT2D eigenvalue weighted by Gasteiger charge is -2.21. The maximum Gasteiger partial charge on any atom is 0.160 e. The summed E-state index contributed by atoms with van der Waals surface area (Å²) >= 11 is 0. The number of benzene rings is 1.